The van der Waals surface area contributed by atoms with Crippen molar-refractivity contribution in [2.45, 2.75) is 13.3 Å². The van der Waals surface area contributed by atoms with Crippen LogP contribution in [0.25, 0.3) is 6.08 Å². The van der Waals surface area contributed by atoms with Crippen molar-refractivity contribution < 1.29 is 18.7 Å². The van der Waals surface area contributed by atoms with Crippen LogP contribution in [0, 0.1) is 5.82 Å². The second kappa shape index (κ2) is 6.14. The molecule has 20 heavy (non-hydrogen) atoms. The lowest BCUT2D eigenvalue weighted by molar-refractivity contribution is -0.114. The van der Waals surface area contributed by atoms with Crippen LogP contribution >= 0.6 is 0 Å². The van der Waals surface area contributed by atoms with Gasteiger partial charge in [0.2, 0.25) is 0 Å². The van der Waals surface area contributed by atoms with Crippen LogP contribution in [0.1, 0.15) is 18.9 Å². The zero-order valence-corrected chi connectivity index (χ0v) is 11.0. The Bertz CT molecular complexity index is 588. The molecule has 104 valence electrons. The topological polar surface area (TPSA) is 55.4 Å². The first-order valence-electron chi connectivity index (χ1n) is 6.25. The third-order valence-electron chi connectivity index (χ3n) is 2.78. The quantitative estimate of drug-likeness (QED) is 0.863. The van der Waals surface area contributed by atoms with Gasteiger partial charge < -0.3 is 4.74 Å². The number of ketones is 1. The fourth-order valence-corrected chi connectivity index (χ4v) is 1.84. The Morgan fingerprint density at radius 1 is 1.40 bits per heavy atom. The Hall–Kier alpha value is -2.43. The second-order valence-electron chi connectivity index (χ2n) is 4.20. The molecule has 1 aliphatic carbocycles. The Morgan fingerprint density at radius 3 is 2.75 bits per heavy atom. The van der Waals surface area contributed by atoms with Crippen molar-refractivity contribution in [3.8, 4) is 0 Å². The number of halogens is 1. The maximum atomic E-state index is 12.8. The van der Waals surface area contributed by atoms with Crippen molar-refractivity contribution in [1.29, 1.82) is 0 Å². The summed E-state index contributed by atoms with van der Waals surface area (Å²) in [6.45, 7) is 1.95. The van der Waals surface area contributed by atoms with E-state index in [4.69, 9.17) is 4.74 Å². The van der Waals surface area contributed by atoms with Crippen LogP contribution in [0.5, 0.6) is 0 Å². The number of carbonyl (C=O) groups is 2. The Kier molecular flexibility index (Phi) is 4.30. The minimum atomic E-state index is -0.599. The predicted molar refractivity (Wildman–Crippen MR) is 72.2 cm³/mol. The predicted octanol–water partition coefficient (Wildman–Crippen LogP) is 2.81. The van der Waals surface area contributed by atoms with Crippen molar-refractivity contribution in [2.75, 3.05) is 6.61 Å². The normalized spacial score (nSPS) is 16.2. The van der Waals surface area contributed by atoms with E-state index in [1.165, 1.54) is 12.1 Å². The molecule has 0 heterocycles. The van der Waals surface area contributed by atoms with Crippen molar-refractivity contribution in [3.63, 3.8) is 0 Å². The molecule has 1 aromatic carbocycles. The summed E-state index contributed by atoms with van der Waals surface area (Å²) in [6, 6.07) is 5.76. The number of Topliss-reactive ketones (excluding diaryl/α,β-unsaturated/α-hetero) is 1. The fraction of sp³-hybridized carbons (Fsp3) is 0.200. The molecule has 0 bridgehead atoms. The van der Waals surface area contributed by atoms with Gasteiger partial charge in [-0.25, -0.2) is 9.18 Å². The van der Waals surface area contributed by atoms with Crippen LogP contribution in [0.2, 0.25) is 0 Å². The zero-order chi connectivity index (χ0) is 14.5. The first-order chi connectivity index (χ1) is 9.60. The molecule has 0 aromatic heterocycles. The first-order valence-corrected chi connectivity index (χ1v) is 6.25. The van der Waals surface area contributed by atoms with Gasteiger partial charge in [0, 0.05) is 12.0 Å². The molecule has 1 amide bonds. The fourth-order valence-electron chi connectivity index (χ4n) is 1.84. The van der Waals surface area contributed by atoms with Gasteiger partial charge in [-0.3, -0.25) is 10.1 Å². The number of carbonyl (C=O) groups excluding carboxylic acids is 2. The summed E-state index contributed by atoms with van der Waals surface area (Å²) in [5.41, 5.74) is 1.51. The van der Waals surface area contributed by atoms with Gasteiger partial charge >= 0.3 is 6.09 Å². The first kappa shape index (κ1) is 14.0. The number of hydrogen-bond donors (Lipinski definition) is 1. The third kappa shape index (κ3) is 3.32. The minimum Gasteiger partial charge on any atom is -0.450 e. The van der Waals surface area contributed by atoms with Crippen LogP contribution < -0.4 is 5.32 Å². The third-order valence-corrected chi connectivity index (χ3v) is 2.78. The summed E-state index contributed by atoms with van der Waals surface area (Å²) in [6.07, 6.45) is 2.88. The highest BCUT2D eigenvalue weighted by molar-refractivity contribution is 6.07. The number of hydrogen-bond acceptors (Lipinski definition) is 3. The summed E-state index contributed by atoms with van der Waals surface area (Å²) >= 11 is 0. The van der Waals surface area contributed by atoms with Crippen LogP contribution in [0.15, 0.2) is 41.6 Å². The molecule has 0 fully saturated rings. The maximum Gasteiger partial charge on any atom is 0.411 e. The van der Waals surface area contributed by atoms with Gasteiger partial charge in [-0.2, -0.15) is 0 Å². The van der Waals surface area contributed by atoms with E-state index in [9.17, 15) is 14.0 Å². The van der Waals surface area contributed by atoms with E-state index < -0.39 is 6.09 Å². The van der Waals surface area contributed by atoms with Gasteiger partial charge in [0.05, 0.1) is 12.3 Å². The van der Waals surface area contributed by atoms with E-state index in [-0.39, 0.29) is 24.6 Å². The highest BCUT2D eigenvalue weighted by Crippen LogP contribution is 2.22. The van der Waals surface area contributed by atoms with Crippen LogP contribution in [-0.4, -0.2) is 18.5 Å². The molecule has 0 atom stereocenters. The van der Waals surface area contributed by atoms with E-state index in [1.54, 1.807) is 31.2 Å². The van der Waals surface area contributed by atoms with Crippen molar-refractivity contribution in [2.24, 2.45) is 0 Å². The minimum absolute atomic E-state index is 0.0962. The Morgan fingerprint density at radius 2 is 2.10 bits per heavy atom. The van der Waals surface area contributed by atoms with E-state index in [0.29, 0.717) is 16.8 Å². The van der Waals surface area contributed by atoms with Crippen LogP contribution in [0.4, 0.5) is 9.18 Å². The number of rotatable bonds is 3. The summed E-state index contributed by atoms with van der Waals surface area (Å²) in [5, 5.41) is 2.53. The molecular weight excluding hydrogens is 261 g/mol. The molecule has 0 spiro atoms. The van der Waals surface area contributed by atoms with Gasteiger partial charge in [-0.1, -0.05) is 18.2 Å². The van der Waals surface area contributed by atoms with Gasteiger partial charge in [0.15, 0.2) is 5.78 Å². The monoisotopic (exact) mass is 275 g/mol. The van der Waals surface area contributed by atoms with Gasteiger partial charge in [-0.15, -0.1) is 0 Å². The molecule has 0 saturated carbocycles. The average molecular weight is 275 g/mol. The molecule has 1 aliphatic rings. The standard InChI is InChI=1S/C15H14FNO3/c1-2-20-15(19)17-13-7-8-14(18)12(13)9-10-3-5-11(16)6-4-10/h3-7,9H,2,8H2,1H3,(H,17,19). The van der Waals surface area contributed by atoms with Crippen LogP contribution in [0.3, 0.4) is 0 Å². The van der Waals surface area contributed by atoms with Crippen molar-refractivity contribution in [1.82, 2.24) is 5.32 Å². The maximum absolute atomic E-state index is 12.8. The Labute approximate surface area is 115 Å². The van der Waals surface area contributed by atoms with E-state index in [2.05, 4.69) is 5.32 Å². The zero-order valence-electron chi connectivity index (χ0n) is 11.0. The average Bonchev–Trinajstić information content (AvgIpc) is 2.74. The molecular formula is C15H14FNO3. The van der Waals surface area contributed by atoms with Crippen molar-refractivity contribution >= 4 is 18.0 Å². The number of nitrogens with one attached hydrogen (secondary N) is 1. The van der Waals surface area contributed by atoms with Gasteiger partial charge in [0.25, 0.3) is 0 Å². The smallest absolute Gasteiger partial charge is 0.411 e. The SMILES string of the molecule is CCOC(=O)NC1=CCC(=O)C1=Cc1ccc(F)cc1. The summed E-state index contributed by atoms with van der Waals surface area (Å²) in [5.74, 6) is -0.438. The van der Waals surface area contributed by atoms with Gasteiger partial charge in [-0.05, 0) is 30.7 Å². The number of amides is 1. The molecule has 0 unspecified atom stereocenters. The molecule has 0 radical (unpaired) electrons. The summed E-state index contributed by atoms with van der Waals surface area (Å²) < 4.78 is 17.6. The molecule has 0 saturated heterocycles. The highest BCUT2D eigenvalue weighted by Gasteiger charge is 2.22. The summed E-state index contributed by atoms with van der Waals surface area (Å²) in [4.78, 5) is 23.2. The van der Waals surface area contributed by atoms with Crippen molar-refractivity contribution in [3.05, 3.63) is 53.0 Å². The van der Waals surface area contributed by atoms with Gasteiger partial charge in [0.1, 0.15) is 5.82 Å². The number of benzene rings is 1. The lowest BCUT2D eigenvalue weighted by atomic mass is 10.1. The Balaban J connectivity index is 2.19. The lowest BCUT2D eigenvalue weighted by Crippen LogP contribution is -2.24. The van der Waals surface area contributed by atoms with E-state index in [0.717, 1.165) is 0 Å². The molecule has 1 aromatic rings. The highest BCUT2D eigenvalue weighted by atomic mass is 19.1. The summed E-state index contributed by atoms with van der Waals surface area (Å²) in [7, 11) is 0. The van der Waals surface area contributed by atoms with E-state index in [1.807, 2.05) is 0 Å². The molecule has 1 N–H and O–H groups in total. The number of ether oxygens (including phenoxy) is 1. The number of allylic oxidation sites excluding steroid dienone is 2. The van der Waals surface area contributed by atoms with Crippen LogP contribution in [-0.2, 0) is 9.53 Å². The number of alkyl carbamates (subject to hydrolysis) is 1. The van der Waals surface area contributed by atoms with E-state index >= 15 is 0 Å². The largest absolute Gasteiger partial charge is 0.450 e. The second-order valence-corrected chi connectivity index (χ2v) is 4.20. The molecule has 2 rings (SSSR count). The molecule has 5 heteroatoms. The lowest BCUT2D eigenvalue weighted by Gasteiger charge is -2.07. The molecule has 4 nitrogen and oxygen atoms in total. The molecule has 0 aliphatic heterocycles.